The van der Waals surface area contributed by atoms with E-state index in [1.54, 1.807) is 0 Å². The lowest BCUT2D eigenvalue weighted by Crippen LogP contribution is -2.46. The maximum Gasteiger partial charge on any atom is 0.0587 e. The zero-order valence-electron chi connectivity index (χ0n) is 13.0. The zero-order chi connectivity index (χ0) is 14.5. The van der Waals surface area contributed by atoms with Crippen molar-refractivity contribution in [2.24, 2.45) is 11.8 Å². The van der Waals surface area contributed by atoms with E-state index >= 15 is 0 Å². The second-order valence-corrected chi connectivity index (χ2v) is 7.05. The minimum absolute atomic E-state index is 0.206. The van der Waals surface area contributed by atoms with Crippen LogP contribution < -0.4 is 5.32 Å². The van der Waals surface area contributed by atoms with Crippen LogP contribution in [0.4, 0.5) is 0 Å². The van der Waals surface area contributed by atoms with Gasteiger partial charge in [-0.25, -0.2) is 0 Å². The van der Waals surface area contributed by atoms with Crippen LogP contribution in [0.25, 0.3) is 0 Å². The van der Waals surface area contributed by atoms with E-state index in [0.717, 1.165) is 18.3 Å². The summed E-state index contributed by atoms with van der Waals surface area (Å²) in [5.41, 5.74) is 1.32. The van der Waals surface area contributed by atoms with Crippen LogP contribution in [0.1, 0.15) is 50.5 Å². The number of hydrogen-bond donors (Lipinski definition) is 2. The van der Waals surface area contributed by atoms with E-state index < -0.39 is 0 Å². The molecule has 2 nitrogen and oxygen atoms in total. The van der Waals surface area contributed by atoms with E-state index in [2.05, 4.69) is 35.6 Å². The average molecular weight is 287 g/mol. The summed E-state index contributed by atoms with van der Waals surface area (Å²) in [7, 11) is 0. The van der Waals surface area contributed by atoms with Gasteiger partial charge in [-0.1, -0.05) is 56.0 Å². The molecule has 0 aliphatic heterocycles. The predicted octanol–water partition coefficient (Wildman–Crippen LogP) is 3.54. The molecule has 0 heterocycles. The van der Waals surface area contributed by atoms with Gasteiger partial charge in [0.05, 0.1) is 6.61 Å². The molecular formula is C19H29NO. The molecule has 0 saturated heterocycles. The van der Waals surface area contributed by atoms with E-state index in [9.17, 15) is 5.11 Å². The molecule has 2 aliphatic rings. The topological polar surface area (TPSA) is 32.3 Å². The van der Waals surface area contributed by atoms with Gasteiger partial charge in [-0.2, -0.15) is 0 Å². The third-order valence-electron chi connectivity index (χ3n) is 5.56. The lowest BCUT2D eigenvalue weighted by atomic mass is 9.69. The SMILES string of the molecule is OC[C@H](Cc1ccccc1)NC1CCC2CCCCC2C1. The van der Waals surface area contributed by atoms with Crippen LogP contribution in [0.15, 0.2) is 30.3 Å². The van der Waals surface area contributed by atoms with Crippen molar-refractivity contribution in [3.63, 3.8) is 0 Å². The first-order valence-corrected chi connectivity index (χ1v) is 8.76. The molecule has 0 bridgehead atoms. The molecular weight excluding hydrogens is 258 g/mol. The summed E-state index contributed by atoms with van der Waals surface area (Å²) in [5, 5.41) is 13.4. The minimum atomic E-state index is 0.206. The molecule has 3 unspecified atom stereocenters. The monoisotopic (exact) mass is 287 g/mol. The van der Waals surface area contributed by atoms with Crippen molar-refractivity contribution in [3.05, 3.63) is 35.9 Å². The third-order valence-corrected chi connectivity index (χ3v) is 5.56. The number of nitrogens with one attached hydrogen (secondary N) is 1. The highest BCUT2D eigenvalue weighted by atomic mass is 16.3. The average Bonchev–Trinajstić information content (AvgIpc) is 2.55. The minimum Gasteiger partial charge on any atom is -0.395 e. The number of hydrogen-bond acceptors (Lipinski definition) is 2. The first-order chi connectivity index (χ1) is 10.3. The van der Waals surface area contributed by atoms with Crippen LogP contribution in [-0.4, -0.2) is 23.8 Å². The Hall–Kier alpha value is -0.860. The number of aliphatic hydroxyl groups is 1. The second-order valence-electron chi connectivity index (χ2n) is 7.05. The highest BCUT2D eigenvalue weighted by Crippen LogP contribution is 2.40. The molecule has 3 rings (SSSR count). The molecule has 2 heteroatoms. The van der Waals surface area contributed by atoms with E-state index in [0.29, 0.717) is 6.04 Å². The fourth-order valence-electron chi connectivity index (χ4n) is 4.43. The van der Waals surface area contributed by atoms with Gasteiger partial charge in [0.25, 0.3) is 0 Å². The molecule has 2 aliphatic carbocycles. The van der Waals surface area contributed by atoms with Crippen molar-refractivity contribution < 1.29 is 5.11 Å². The predicted molar refractivity (Wildman–Crippen MR) is 87.2 cm³/mol. The molecule has 0 radical (unpaired) electrons. The van der Waals surface area contributed by atoms with Gasteiger partial charge in [0, 0.05) is 12.1 Å². The number of fused-ring (bicyclic) bond motifs is 1. The smallest absolute Gasteiger partial charge is 0.0587 e. The maximum absolute atomic E-state index is 9.69. The molecule has 0 spiro atoms. The number of rotatable bonds is 5. The third kappa shape index (κ3) is 4.08. The van der Waals surface area contributed by atoms with Crippen molar-refractivity contribution in [1.29, 1.82) is 0 Å². The molecule has 116 valence electrons. The van der Waals surface area contributed by atoms with Crippen LogP contribution in [-0.2, 0) is 6.42 Å². The summed E-state index contributed by atoms with van der Waals surface area (Å²) < 4.78 is 0. The van der Waals surface area contributed by atoms with Crippen LogP contribution >= 0.6 is 0 Å². The normalized spacial score (nSPS) is 30.6. The van der Waals surface area contributed by atoms with Gasteiger partial charge in [0.2, 0.25) is 0 Å². The van der Waals surface area contributed by atoms with Gasteiger partial charge < -0.3 is 10.4 Å². The van der Waals surface area contributed by atoms with Crippen LogP contribution in [0.3, 0.4) is 0 Å². The van der Waals surface area contributed by atoms with Gasteiger partial charge in [-0.3, -0.25) is 0 Å². The molecule has 0 amide bonds. The maximum atomic E-state index is 9.69. The largest absolute Gasteiger partial charge is 0.395 e. The molecule has 4 atom stereocenters. The Balaban J connectivity index is 1.52. The van der Waals surface area contributed by atoms with Crippen molar-refractivity contribution >= 4 is 0 Å². The van der Waals surface area contributed by atoms with Crippen LogP contribution in [0.5, 0.6) is 0 Å². The standard InChI is InChI=1S/C19H29NO/c21-14-19(12-15-6-2-1-3-7-15)20-18-11-10-16-8-4-5-9-17(16)13-18/h1-3,6-7,16-21H,4-5,8-14H2/t16?,17?,18?,19-/m0/s1. The first-order valence-electron chi connectivity index (χ1n) is 8.76. The molecule has 21 heavy (non-hydrogen) atoms. The molecule has 0 aromatic heterocycles. The van der Waals surface area contributed by atoms with Crippen molar-refractivity contribution in [2.75, 3.05) is 6.61 Å². The molecule has 2 N–H and O–H groups in total. The summed E-state index contributed by atoms with van der Waals surface area (Å²) in [6.07, 6.45) is 10.7. The summed E-state index contributed by atoms with van der Waals surface area (Å²) >= 11 is 0. The van der Waals surface area contributed by atoms with Gasteiger partial charge in [-0.15, -0.1) is 0 Å². The highest BCUT2D eigenvalue weighted by molar-refractivity contribution is 5.16. The first kappa shape index (κ1) is 15.1. The lowest BCUT2D eigenvalue weighted by molar-refractivity contribution is 0.129. The van der Waals surface area contributed by atoms with Gasteiger partial charge in [-0.05, 0) is 43.1 Å². The summed E-state index contributed by atoms with van der Waals surface area (Å²) in [6, 6.07) is 11.3. The van der Waals surface area contributed by atoms with E-state index in [1.165, 1.54) is 50.5 Å². The molecule has 2 saturated carbocycles. The highest BCUT2D eigenvalue weighted by Gasteiger charge is 2.32. The molecule has 1 aromatic carbocycles. The zero-order valence-corrected chi connectivity index (χ0v) is 13.0. The summed E-state index contributed by atoms with van der Waals surface area (Å²) in [5.74, 6) is 1.94. The summed E-state index contributed by atoms with van der Waals surface area (Å²) in [6.45, 7) is 0.236. The van der Waals surface area contributed by atoms with Crippen LogP contribution in [0, 0.1) is 11.8 Å². The lowest BCUT2D eigenvalue weighted by Gasteiger charge is -2.40. The quantitative estimate of drug-likeness (QED) is 0.868. The Kier molecular flexibility index (Phi) is 5.32. The Morgan fingerprint density at radius 1 is 1.00 bits per heavy atom. The Morgan fingerprint density at radius 3 is 2.52 bits per heavy atom. The summed E-state index contributed by atoms with van der Waals surface area (Å²) in [4.78, 5) is 0. The Morgan fingerprint density at radius 2 is 1.76 bits per heavy atom. The fraction of sp³-hybridized carbons (Fsp3) is 0.684. The van der Waals surface area contributed by atoms with Gasteiger partial charge in [0.1, 0.15) is 0 Å². The second kappa shape index (κ2) is 7.42. The fourth-order valence-corrected chi connectivity index (χ4v) is 4.43. The van der Waals surface area contributed by atoms with E-state index in [1.807, 2.05) is 0 Å². The van der Waals surface area contributed by atoms with E-state index in [4.69, 9.17) is 0 Å². The van der Waals surface area contributed by atoms with Gasteiger partial charge >= 0.3 is 0 Å². The van der Waals surface area contributed by atoms with Gasteiger partial charge in [0.15, 0.2) is 0 Å². The number of benzene rings is 1. The molecule has 1 aromatic rings. The van der Waals surface area contributed by atoms with Crippen LogP contribution in [0.2, 0.25) is 0 Å². The van der Waals surface area contributed by atoms with Crippen molar-refractivity contribution in [3.8, 4) is 0 Å². The van der Waals surface area contributed by atoms with Crippen molar-refractivity contribution in [2.45, 2.75) is 63.5 Å². The molecule has 2 fully saturated rings. The Labute approximate surface area is 129 Å². The number of aliphatic hydroxyl groups excluding tert-OH is 1. The van der Waals surface area contributed by atoms with E-state index in [-0.39, 0.29) is 12.6 Å². The Bertz CT molecular complexity index is 419. The van der Waals surface area contributed by atoms with Crippen molar-refractivity contribution in [1.82, 2.24) is 5.32 Å².